The van der Waals surface area contributed by atoms with Crippen LogP contribution in [0.15, 0.2) is 61.1 Å². The Morgan fingerprint density at radius 3 is 2.43 bits per heavy atom. The maximum absolute atomic E-state index is 12.9. The molecule has 142 valence electrons. The van der Waals surface area contributed by atoms with Gasteiger partial charge in [0.25, 0.3) is 5.91 Å². The number of aromatic nitrogens is 3. The van der Waals surface area contributed by atoms with Crippen molar-refractivity contribution in [2.75, 3.05) is 36.4 Å². The van der Waals surface area contributed by atoms with E-state index in [9.17, 15) is 4.79 Å². The van der Waals surface area contributed by atoms with Crippen LogP contribution in [-0.4, -0.2) is 51.9 Å². The molecule has 2 aromatic heterocycles. The predicted molar refractivity (Wildman–Crippen MR) is 109 cm³/mol. The first-order valence-electron chi connectivity index (χ1n) is 8.99. The second-order valence-electron chi connectivity index (χ2n) is 6.36. The van der Waals surface area contributed by atoms with Crippen molar-refractivity contribution in [3.05, 3.63) is 71.6 Å². The number of piperazine rings is 1. The van der Waals surface area contributed by atoms with Crippen LogP contribution in [0.5, 0.6) is 0 Å². The quantitative estimate of drug-likeness (QED) is 0.732. The minimum Gasteiger partial charge on any atom is -0.339 e. The van der Waals surface area contributed by atoms with Crippen LogP contribution >= 0.6 is 11.6 Å². The first-order chi connectivity index (χ1) is 13.7. The minimum absolute atomic E-state index is 0.0155. The van der Waals surface area contributed by atoms with Crippen LogP contribution in [0.1, 0.15) is 10.4 Å². The number of carbonyl (C=O) groups excluding carboxylic acids is 1. The number of nitrogens with one attached hydrogen (secondary N) is 1. The van der Waals surface area contributed by atoms with Crippen LogP contribution < -0.4 is 10.2 Å². The monoisotopic (exact) mass is 394 g/mol. The standard InChI is InChI=1S/C20H19ClN6O/c21-16-4-1-2-5-17(16)25-18-14-15(6-9-22-18)19(28)26-10-12-27(13-11-26)20-23-7-3-8-24-20/h1-9,14H,10-13H2,(H,22,25). The van der Waals surface area contributed by atoms with Crippen molar-refractivity contribution in [2.24, 2.45) is 0 Å². The number of halogens is 1. The van der Waals surface area contributed by atoms with E-state index < -0.39 is 0 Å². The van der Waals surface area contributed by atoms with Gasteiger partial charge in [-0.05, 0) is 30.3 Å². The summed E-state index contributed by atoms with van der Waals surface area (Å²) in [5.74, 6) is 1.26. The highest BCUT2D eigenvalue weighted by Gasteiger charge is 2.23. The number of hydrogen-bond donors (Lipinski definition) is 1. The molecule has 28 heavy (non-hydrogen) atoms. The second kappa shape index (κ2) is 8.22. The summed E-state index contributed by atoms with van der Waals surface area (Å²) in [5, 5.41) is 3.76. The number of carbonyl (C=O) groups is 1. The Morgan fingerprint density at radius 1 is 0.929 bits per heavy atom. The molecule has 1 N–H and O–H groups in total. The Morgan fingerprint density at radius 2 is 1.68 bits per heavy atom. The third kappa shape index (κ3) is 4.04. The average Bonchev–Trinajstić information content (AvgIpc) is 2.76. The SMILES string of the molecule is O=C(c1ccnc(Nc2ccccc2Cl)c1)N1CCN(c2ncccn2)CC1. The first-order valence-corrected chi connectivity index (χ1v) is 9.37. The summed E-state index contributed by atoms with van der Waals surface area (Å²) in [6, 6.07) is 12.7. The molecule has 7 nitrogen and oxygen atoms in total. The summed E-state index contributed by atoms with van der Waals surface area (Å²) in [6.07, 6.45) is 5.08. The number of nitrogens with zero attached hydrogens (tertiary/aromatic N) is 5. The summed E-state index contributed by atoms with van der Waals surface area (Å²) < 4.78 is 0. The molecule has 0 saturated carbocycles. The van der Waals surface area contributed by atoms with Gasteiger partial charge in [0, 0.05) is 50.3 Å². The summed E-state index contributed by atoms with van der Waals surface area (Å²) in [4.78, 5) is 29.7. The average molecular weight is 395 g/mol. The van der Waals surface area contributed by atoms with Gasteiger partial charge in [-0.3, -0.25) is 4.79 Å². The molecule has 0 bridgehead atoms. The van der Waals surface area contributed by atoms with Crippen LogP contribution in [0.25, 0.3) is 0 Å². The van der Waals surface area contributed by atoms with Gasteiger partial charge in [-0.1, -0.05) is 23.7 Å². The molecule has 1 fully saturated rings. The zero-order valence-corrected chi connectivity index (χ0v) is 15.9. The fourth-order valence-electron chi connectivity index (χ4n) is 3.08. The number of rotatable bonds is 4. The Balaban J connectivity index is 1.42. The van der Waals surface area contributed by atoms with E-state index in [2.05, 4.69) is 25.2 Å². The number of anilines is 3. The van der Waals surface area contributed by atoms with Crippen molar-refractivity contribution in [1.29, 1.82) is 0 Å². The Bertz CT molecular complexity index is 960. The third-order valence-corrected chi connectivity index (χ3v) is 4.87. The van der Waals surface area contributed by atoms with E-state index >= 15 is 0 Å². The molecule has 0 radical (unpaired) electrons. The normalized spacial score (nSPS) is 14.0. The van der Waals surface area contributed by atoms with E-state index in [0.717, 1.165) is 5.69 Å². The molecule has 4 rings (SSSR count). The molecular formula is C20H19ClN6O. The highest BCUT2D eigenvalue weighted by molar-refractivity contribution is 6.33. The number of pyridine rings is 1. The van der Waals surface area contributed by atoms with Crippen molar-refractivity contribution in [3.63, 3.8) is 0 Å². The van der Waals surface area contributed by atoms with Gasteiger partial charge in [0.1, 0.15) is 5.82 Å². The van der Waals surface area contributed by atoms with Crippen molar-refractivity contribution >= 4 is 35.0 Å². The highest BCUT2D eigenvalue weighted by atomic mass is 35.5. The number of benzene rings is 1. The molecule has 1 saturated heterocycles. The highest BCUT2D eigenvalue weighted by Crippen LogP contribution is 2.24. The molecule has 0 aliphatic carbocycles. The zero-order valence-electron chi connectivity index (χ0n) is 15.1. The van der Waals surface area contributed by atoms with Crippen molar-refractivity contribution in [1.82, 2.24) is 19.9 Å². The van der Waals surface area contributed by atoms with E-state index in [1.807, 2.05) is 23.1 Å². The van der Waals surface area contributed by atoms with Crippen LogP contribution in [0.4, 0.5) is 17.5 Å². The van der Waals surface area contributed by atoms with E-state index in [-0.39, 0.29) is 5.91 Å². The molecule has 0 unspecified atom stereocenters. The van der Waals surface area contributed by atoms with Crippen LogP contribution in [0.3, 0.4) is 0 Å². The lowest BCUT2D eigenvalue weighted by molar-refractivity contribution is 0.0746. The predicted octanol–water partition coefficient (Wildman–Crippen LogP) is 3.23. The fourth-order valence-corrected chi connectivity index (χ4v) is 3.26. The fraction of sp³-hybridized carbons (Fsp3) is 0.200. The maximum Gasteiger partial charge on any atom is 0.254 e. The molecule has 3 heterocycles. The van der Waals surface area contributed by atoms with E-state index in [1.54, 1.807) is 42.9 Å². The molecule has 1 aliphatic heterocycles. The molecule has 3 aromatic rings. The van der Waals surface area contributed by atoms with Crippen molar-refractivity contribution in [2.45, 2.75) is 0 Å². The Labute approximate surface area is 168 Å². The lowest BCUT2D eigenvalue weighted by Crippen LogP contribution is -2.49. The molecule has 1 aromatic carbocycles. The first kappa shape index (κ1) is 18.2. The molecular weight excluding hydrogens is 376 g/mol. The Hall–Kier alpha value is -3.19. The van der Waals surface area contributed by atoms with Crippen LogP contribution in [0.2, 0.25) is 5.02 Å². The molecule has 0 atom stereocenters. The molecule has 1 amide bonds. The molecule has 0 spiro atoms. The molecule has 1 aliphatic rings. The van der Waals surface area contributed by atoms with Crippen LogP contribution in [0, 0.1) is 0 Å². The Kier molecular flexibility index (Phi) is 5.34. The largest absolute Gasteiger partial charge is 0.339 e. The van der Waals surface area contributed by atoms with Gasteiger partial charge >= 0.3 is 0 Å². The lowest BCUT2D eigenvalue weighted by atomic mass is 10.2. The van der Waals surface area contributed by atoms with Gasteiger partial charge in [-0.25, -0.2) is 15.0 Å². The minimum atomic E-state index is -0.0155. The van der Waals surface area contributed by atoms with Crippen LogP contribution in [-0.2, 0) is 0 Å². The van der Waals surface area contributed by atoms with Gasteiger partial charge in [-0.15, -0.1) is 0 Å². The van der Waals surface area contributed by atoms with Gasteiger partial charge < -0.3 is 15.1 Å². The number of hydrogen-bond acceptors (Lipinski definition) is 6. The van der Waals surface area contributed by atoms with Crippen molar-refractivity contribution < 1.29 is 4.79 Å². The maximum atomic E-state index is 12.9. The zero-order chi connectivity index (χ0) is 19.3. The topological polar surface area (TPSA) is 74.2 Å². The van der Waals surface area contributed by atoms with E-state index in [0.29, 0.717) is 48.5 Å². The van der Waals surface area contributed by atoms with Gasteiger partial charge in [0.15, 0.2) is 0 Å². The van der Waals surface area contributed by atoms with E-state index in [1.165, 1.54) is 0 Å². The summed E-state index contributed by atoms with van der Waals surface area (Å²) in [7, 11) is 0. The lowest BCUT2D eigenvalue weighted by Gasteiger charge is -2.34. The van der Waals surface area contributed by atoms with Crippen molar-refractivity contribution in [3.8, 4) is 0 Å². The smallest absolute Gasteiger partial charge is 0.254 e. The summed E-state index contributed by atoms with van der Waals surface area (Å²) >= 11 is 6.18. The molecule has 8 heteroatoms. The van der Waals surface area contributed by atoms with Gasteiger partial charge in [0.2, 0.25) is 5.95 Å². The summed E-state index contributed by atoms with van der Waals surface area (Å²) in [6.45, 7) is 2.64. The third-order valence-electron chi connectivity index (χ3n) is 4.55. The number of para-hydroxylation sites is 1. The number of amides is 1. The summed E-state index contributed by atoms with van der Waals surface area (Å²) in [5.41, 5.74) is 1.34. The van der Waals surface area contributed by atoms with E-state index in [4.69, 9.17) is 11.6 Å². The van der Waals surface area contributed by atoms with Gasteiger partial charge in [0.05, 0.1) is 10.7 Å². The van der Waals surface area contributed by atoms with Gasteiger partial charge in [-0.2, -0.15) is 0 Å². The second-order valence-corrected chi connectivity index (χ2v) is 6.77.